The van der Waals surface area contributed by atoms with E-state index in [2.05, 4.69) is 21.3 Å². The Balaban J connectivity index is 2.74. The van der Waals surface area contributed by atoms with Gasteiger partial charge in [-0.25, -0.2) is 0 Å². The Hall–Kier alpha value is -0.890. The zero-order chi connectivity index (χ0) is 8.43. The molecule has 0 radical (unpaired) electrons. The molecular weight excluding hydrogens is 163 g/mol. The van der Waals surface area contributed by atoms with Gasteiger partial charge in [0.15, 0.2) is 0 Å². The molecule has 2 amide bonds. The number of hydrogen-bond acceptors (Lipinski definition) is 2. The molecule has 11 heavy (non-hydrogen) atoms. The van der Waals surface area contributed by atoms with Crippen molar-refractivity contribution in [3.05, 3.63) is 12.2 Å². The Morgan fingerprint density at radius 3 is 2.82 bits per heavy atom. The van der Waals surface area contributed by atoms with Crippen LogP contribution in [0.2, 0.25) is 0 Å². The minimum Gasteiger partial charge on any atom is -0.343 e. The molecule has 0 spiro atoms. The van der Waals surface area contributed by atoms with Crippen LogP contribution in [0.5, 0.6) is 0 Å². The van der Waals surface area contributed by atoms with Crippen molar-refractivity contribution < 1.29 is 9.59 Å². The van der Waals surface area contributed by atoms with Crippen LogP contribution in [0.15, 0.2) is 12.2 Å². The zero-order valence-electron chi connectivity index (χ0n) is 5.96. The van der Waals surface area contributed by atoms with Crippen molar-refractivity contribution in [3.8, 4) is 0 Å². The smallest absolute Gasteiger partial charge is 0.248 e. The molecule has 1 saturated heterocycles. The molecule has 4 nitrogen and oxygen atoms in total. The van der Waals surface area contributed by atoms with Gasteiger partial charge >= 0.3 is 0 Å². The first-order valence-corrected chi connectivity index (χ1v) is 3.64. The molecule has 1 unspecified atom stereocenters. The lowest BCUT2D eigenvalue weighted by molar-refractivity contribution is -0.126. The standard InChI is InChI=1S/C6H9N2O2P/c1-4-3-8(11)5(9)2-7-6(4)10/h1-3,11H2,(H,7,10). The predicted octanol–water partition coefficient (Wildman–Crippen LogP) is -0.709. The number of amides is 2. The van der Waals surface area contributed by atoms with Crippen molar-refractivity contribution >= 4 is 21.2 Å². The van der Waals surface area contributed by atoms with Crippen LogP contribution in [0.25, 0.3) is 0 Å². The molecule has 0 aliphatic carbocycles. The molecule has 5 heteroatoms. The van der Waals surface area contributed by atoms with Crippen molar-refractivity contribution in [1.29, 1.82) is 0 Å². The fourth-order valence-corrected chi connectivity index (χ4v) is 1.06. The summed E-state index contributed by atoms with van der Waals surface area (Å²) < 4.78 is 1.39. The van der Waals surface area contributed by atoms with Crippen LogP contribution < -0.4 is 5.32 Å². The highest BCUT2D eigenvalue weighted by molar-refractivity contribution is 7.14. The maximum Gasteiger partial charge on any atom is 0.248 e. The molecule has 0 aromatic rings. The average Bonchev–Trinajstić information content (AvgIpc) is 2.05. The second-order valence-electron chi connectivity index (χ2n) is 2.31. The first kappa shape index (κ1) is 8.21. The highest BCUT2D eigenvalue weighted by Gasteiger charge is 2.19. The second kappa shape index (κ2) is 3.01. The van der Waals surface area contributed by atoms with E-state index in [1.807, 2.05) is 0 Å². The number of hydrogen-bond donors (Lipinski definition) is 1. The summed E-state index contributed by atoms with van der Waals surface area (Å²) in [5.74, 6) is -0.370. The Labute approximate surface area is 66.9 Å². The lowest BCUT2D eigenvalue weighted by Crippen LogP contribution is -2.29. The summed E-state index contributed by atoms with van der Waals surface area (Å²) in [6, 6.07) is 0. The highest BCUT2D eigenvalue weighted by atomic mass is 31.0. The van der Waals surface area contributed by atoms with Gasteiger partial charge in [0.05, 0.1) is 13.1 Å². The van der Waals surface area contributed by atoms with E-state index >= 15 is 0 Å². The molecule has 0 bridgehead atoms. The van der Waals surface area contributed by atoms with Crippen LogP contribution >= 0.6 is 9.39 Å². The maximum atomic E-state index is 11.0. The van der Waals surface area contributed by atoms with Crippen LogP contribution in [0.1, 0.15) is 0 Å². The van der Waals surface area contributed by atoms with Crippen molar-refractivity contribution in [2.24, 2.45) is 0 Å². The molecule has 60 valence electrons. The van der Waals surface area contributed by atoms with E-state index in [1.54, 1.807) is 0 Å². The molecule has 1 N–H and O–H groups in total. The van der Waals surface area contributed by atoms with Gasteiger partial charge in [-0.2, -0.15) is 0 Å². The van der Waals surface area contributed by atoms with Crippen molar-refractivity contribution in [3.63, 3.8) is 0 Å². The summed E-state index contributed by atoms with van der Waals surface area (Å²) in [5, 5.41) is 2.43. The maximum absolute atomic E-state index is 11.0. The third-order valence-corrected chi connectivity index (χ3v) is 1.87. The monoisotopic (exact) mass is 172 g/mol. The van der Waals surface area contributed by atoms with Gasteiger partial charge in [0.25, 0.3) is 0 Å². The Morgan fingerprint density at radius 1 is 1.55 bits per heavy atom. The molecule has 0 aromatic heterocycles. The number of rotatable bonds is 0. The minimum atomic E-state index is -0.247. The molecule has 1 atom stereocenters. The fraction of sp³-hybridized carbons (Fsp3) is 0.333. The topological polar surface area (TPSA) is 49.4 Å². The third kappa shape index (κ3) is 1.77. The zero-order valence-corrected chi connectivity index (χ0v) is 7.12. The molecule has 0 saturated carbocycles. The van der Waals surface area contributed by atoms with Crippen LogP contribution in [0, 0.1) is 0 Å². The molecule has 1 rings (SSSR count). The molecule has 1 heterocycles. The second-order valence-corrected chi connectivity index (χ2v) is 2.93. The van der Waals surface area contributed by atoms with E-state index < -0.39 is 0 Å². The van der Waals surface area contributed by atoms with E-state index in [4.69, 9.17) is 0 Å². The molecule has 1 aliphatic heterocycles. The van der Waals surface area contributed by atoms with Crippen LogP contribution in [0.4, 0.5) is 0 Å². The van der Waals surface area contributed by atoms with Crippen LogP contribution in [-0.4, -0.2) is 29.6 Å². The Morgan fingerprint density at radius 2 is 2.18 bits per heavy atom. The first-order valence-electron chi connectivity index (χ1n) is 3.12. The van der Waals surface area contributed by atoms with E-state index in [0.717, 1.165) is 0 Å². The molecule has 1 fully saturated rings. The molecule has 1 aliphatic rings. The van der Waals surface area contributed by atoms with Crippen LogP contribution in [-0.2, 0) is 9.59 Å². The largest absolute Gasteiger partial charge is 0.343 e. The van der Waals surface area contributed by atoms with Gasteiger partial charge in [-0.3, -0.25) is 9.59 Å². The van der Waals surface area contributed by atoms with Gasteiger partial charge in [0.1, 0.15) is 0 Å². The summed E-state index contributed by atoms with van der Waals surface area (Å²) in [5.41, 5.74) is 0.408. The highest BCUT2D eigenvalue weighted by Crippen LogP contribution is 2.06. The predicted molar refractivity (Wildman–Crippen MR) is 43.6 cm³/mol. The Kier molecular flexibility index (Phi) is 2.25. The average molecular weight is 172 g/mol. The SMILES string of the molecule is C=C1CN(P)C(=O)CNC1=O. The summed E-state index contributed by atoms with van der Waals surface area (Å²) in [4.78, 5) is 21.9. The summed E-state index contributed by atoms with van der Waals surface area (Å²) in [6.07, 6.45) is 0. The minimum absolute atomic E-state index is 0.0569. The Bertz CT molecular complexity index is 227. The lowest BCUT2D eigenvalue weighted by Gasteiger charge is -2.11. The van der Waals surface area contributed by atoms with Crippen molar-refractivity contribution in [1.82, 2.24) is 9.99 Å². The fourth-order valence-electron chi connectivity index (χ4n) is 0.748. The number of nitrogens with one attached hydrogen (secondary N) is 1. The quantitative estimate of drug-likeness (QED) is 0.387. The lowest BCUT2D eigenvalue weighted by atomic mass is 10.3. The van der Waals surface area contributed by atoms with E-state index in [1.165, 1.54) is 4.67 Å². The van der Waals surface area contributed by atoms with E-state index in [-0.39, 0.29) is 24.9 Å². The van der Waals surface area contributed by atoms with Gasteiger partial charge in [-0.15, -0.1) is 0 Å². The van der Waals surface area contributed by atoms with Gasteiger partial charge < -0.3 is 9.99 Å². The van der Waals surface area contributed by atoms with Crippen molar-refractivity contribution in [2.75, 3.05) is 13.1 Å². The molecule has 0 aromatic carbocycles. The summed E-state index contributed by atoms with van der Waals surface area (Å²) >= 11 is 0. The van der Waals surface area contributed by atoms with E-state index in [0.29, 0.717) is 5.57 Å². The van der Waals surface area contributed by atoms with Crippen LogP contribution in [0.3, 0.4) is 0 Å². The third-order valence-electron chi connectivity index (χ3n) is 1.40. The first-order chi connectivity index (χ1) is 5.11. The van der Waals surface area contributed by atoms with Gasteiger partial charge in [0, 0.05) is 5.57 Å². The molecular formula is C6H9N2O2P. The van der Waals surface area contributed by atoms with Gasteiger partial charge in [-0.1, -0.05) is 6.58 Å². The number of carbonyl (C=O) groups is 2. The van der Waals surface area contributed by atoms with E-state index in [9.17, 15) is 9.59 Å². The number of carbonyl (C=O) groups excluding carboxylic acids is 2. The number of nitrogens with zero attached hydrogens (tertiary/aromatic N) is 1. The van der Waals surface area contributed by atoms with Gasteiger partial charge in [0.2, 0.25) is 11.8 Å². The normalized spacial score (nSPS) is 19.7. The summed E-state index contributed by atoms with van der Waals surface area (Å²) in [6.45, 7) is 3.86. The van der Waals surface area contributed by atoms with Crippen molar-refractivity contribution in [2.45, 2.75) is 0 Å². The summed E-state index contributed by atoms with van der Waals surface area (Å²) in [7, 11) is 2.25. The van der Waals surface area contributed by atoms with Gasteiger partial charge in [-0.05, 0) is 9.39 Å².